The molecule has 6 nitrogen and oxygen atoms in total. The summed E-state index contributed by atoms with van der Waals surface area (Å²) in [7, 11) is -1.95. The van der Waals surface area contributed by atoms with Crippen LogP contribution in [0.5, 0.6) is 0 Å². The fourth-order valence-electron chi connectivity index (χ4n) is 5.04. The number of carbonyl (C=O) groups excluding carboxylic acids is 1. The number of nitrogens with zero attached hydrogens (tertiary/aromatic N) is 3. The number of hydrogen-bond donors (Lipinski definition) is 1. The van der Waals surface area contributed by atoms with Gasteiger partial charge >= 0.3 is 0 Å². The minimum absolute atomic E-state index is 0.0466. The molecule has 3 heterocycles. The fraction of sp³-hybridized carbons (Fsp3) is 0.565. The summed E-state index contributed by atoms with van der Waals surface area (Å²) >= 11 is 1.43. The van der Waals surface area contributed by atoms with Gasteiger partial charge in [0, 0.05) is 30.8 Å². The number of fused-ring (bicyclic) bond motifs is 1. The topological polar surface area (TPSA) is 76.9 Å². The SMILES string of the molecule is CSc1ncc2c(C#C[Si](C(C)C)(C(C)C)C(C)C)cc(=O)n(C3CNC(=O)C3)c2n1. The van der Waals surface area contributed by atoms with Gasteiger partial charge in [-0.15, -0.1) is 5.54 Å². The molecule has 31 heavy (non-hydrogen) atoms. The highest BCUT2D eigenvalue weighted by molar-refractivity contribution is 7.98. The molecule has 166 valence electrons. The number of hydrogen-bond acceptors (Lipinski definition) is 5. The van der Waals surface area contributed by atoms with E-state index in [2.05, 4.69) is 68.3 Å². The summed E-state index contributed by atoms with van der Waals surface area (Å²) in [6.07, 6.45) is 3.95. The first-order valence-electron chi connectivity index (χ1n) is 10.9. The zero-order chi connectivity index (χ0) is 22.9. The molecule has 1 amide bonds. The van der Waals surface area contributed by atoms with Gasteiger partial charge in [0.05, 0.1) is 11.4 Å². The third-order valence-electron chi connectivity index (χ3n) is 6.55. The van der Waals surface area contributed by atoms with Crippen LogP contribution >= 0.6 is 11.8 Å². The average Bonchev–Trinajstić information content (AvgIpc) is 3.12. The minimum atomic E-state index is -1.95. The summed E-state index contributed by atoms with van der Waals surface area (Å²) in [5, 5.41) is 4.18. The number of carbonyl (C=O) groups is 1. The zero-order valence-corrected chi connectivity index (χ0v) is 21.3. The summed E-state index contributed by atoms with van der Waals surface area (Å²) in [6.45, 7) is 14.1. The molecule has 3 rings (SSSR count). The highest BCUT2D eigenvalue weighted by Gasteiger charge is 2.41. The molecular formula is C23H32N4O2SSi. The van der Waals surface area contributed by atoms with Crippen molar-refractivity contribution in [3.05, 3.63) is 28.2 Å². The van der Waals surface area contributed by atoms with E-state index in [0.29, 0.717) is 39.5 Å². The van der Waals surface area contributed by atoms with Crippen LogP contribution in [0.2, 0.25) is 16.6 Å². The lowest BCUT2D eigenvalue weighted by atomic mass is 10.1. The van der Waals surface area contributed by atoms with Gasteiger partial charge in [-0.25, -0.2) is 9.97 Å². The monoisotopic (exact) mass is 456 g/mol. The molecule has 8 heteroatoms. The summed E-state index contributed by atoms with van der Waals surface area (Å²) in [5.74, 6) is 3.36. The van der Waals surface area contributed by atoms with Crippen LogP contribution in [0.4, 0.5) is 0 Å². The number of nitrogens with one attached hydrogen (secondary N) is 1. The standard InChI is InChI=1S/C23H32N4O2SSi/c1-14(2)31(15(3)4,16(5)6)9-8-17-10-21(29)27(18-11-20(28)24-12-18)22-19(17)13-25-23(26-22)30-7/h10,13-16,18H,11-12H2,1-7H3,(H,24,28). The van der Waals surface area contributed by atoms with E-state index in [9.17, 15) is 9.59 Å². The summed E-state index contributed by atoms with van der Waals surface area (Å²) < 4.78 is 1.64. The molecule has 1 aliphatic heterocycles. The molecule has 1 N–H and O–H groups in total. The Bertz CT molecular complexity index is 1090. The van der Waals surface area contributed by atoms with E-state index in [4.69, 9.17) is 0 Å². The summed E-state index contributed by atoms with van der Waals surface area (Å²) in [4.78, 5) is 34.1. The van der Waals surface area contributed by atoms with Crippen molar-refractivity contribution in [2.45, 2.75) is 75.8 Å². The third-order valence-corrected chi connectivity index (χ3v) is 13.4. The van der Waals surface area contributed by atoms with Crippen LogP contribution in [0.15, 0.2) is 22.2 Å². The first-order valence-corrected chi connectivity index (χ1v) is 14.3. The number of aromatic nitrogens is 3. The third kappa shape index (κ3) is 4.30. The van der Waals surface area contributed by atoms with E-state index in [0.717, 1.165) is 5.39 Å². The van der Waals surface area contributed by atoms with E-state index in [1.165, 1.54) is 11.8 Å². The van der Waals surface area contributed by atoms with Crippen LogP contribution in [0.25, 0.3) is 11.0 Å². The molecular weight excluding hydrogens is 424 g/mol. The van der Waals surface area contributed by atoms with E-state index in [-0.39, 0.29) is 23.9 Å². The van der Waals surface area contributed by atoms with Gasteiger partial charge in [-0.1, -0.05) is 59.2 Å². The normalized spacial score (nSPS) is 16.8. The summed E-state index contributed by atoms with van der Waals surface area (Å²) in [6, 6.07) is 1.35. The first kappa shape index (κ1) is 23.5. The molecule has 2 aromatic heterocycles. The second kappa shape index (κ2) is 9.17. The Morgan fingerprint density at radius 3 is 2.32 bits per heavy atom. The largest absolute Gasteiger partial charge is 0.354 e. The second-order valence-corrected chi connectivity index (χ2v) is 15.5. The van der Waals surface area contributed by atoms with Gasteiger partial charge in [0.2, 0.25) is 5.91 Å². The van der Waals surface area contributed by atoms with Crippen molar-refractivity contribution in [2.24, 2.45) is 0 Å². The zero-order valence-electron chi connectivity index (χ0n) is 19.4. The van der Waals surface area contributed by atoms with Crippen molar-refractivity contribution in [3.63, 3.8) is 0 Å². The van der Waals surface area contributed by atoms with Crippen molar-refractivity contribution in [3.8, 4) is 11.5 Å². The van der Waals surface area contributed by atoms with Crippen LogP contribution in [0.1, 0.15) is 59.6 Å². The average molecular weight is 457 g/mol. The maximum absolute atomic E-state index is 13.2. The molecule has 1 fully saturated rings. The van der Waals surface area contributed by atoms with Gasteiger partial charge in [0.1, 0.15) is 13.7 Å². The molecule has 0 radical (unpaired) electrons. The number of amides is 1. The maximum Gasteiger partial charge on any atom is 0.253 e. The van der Waals surface area contributed by atoms with Gasteiger partial charge in [-0.2, -0.15) is 0 Å². The fourth-order valence-corrected chi connectivity index (χ4v) is 10.6. The second-order valence-electron chi connectivity index (χ2n) is 9.17. The lowest BCUT2D eigenvalue weighted by Crippen LogP contribution is -2.43. The number of rotatable bonds is 5. The Morgan fingerprint density at radius 1 is 1.16 bits per heavy atom. The lowest BCUT2D eigenvalue weighted by Gasteiger charge is -2.38. The van der Waals surface area contributed by atoms with E-state index in [1.807, 2.05) is 6.26 Å². The molecule has 0 spiro atoms. The van der Waals surface area contributed by atoms with Crippen LogP contribution in [-0.4, -0.2) is 41.3 Å². The van der Waals surface area contributed by atoms with E-state index >= 15 is 0 Å². The molecule has 1 aliphatic rings. The Kier molecular flexibility index (Phi) is 6.97. The van der Waals surface area contributed by atoms with Gasteiger partial charge in [-0.3, -0.25) is 14.2 Å². The predicted octanol–water partition coefficient (Wildman–Crippen LogP) is 4.14. The maximum atomic E-state index is 13.2. The predicted molar refractivity (Wildman–Crippen MR) is 130 cm³/mol. The van der Waals surface area contributed by atoms with Crippen molar-refractivity contribution < 1.29 is 4.79 Å². The van der Waals surface area contributed by atoms with Crippen LogP contribution in [0, 0.1) is 11.5 Å². The lowest BCUT2D eigenvalue weighted by molar-refractivity contribution is -0.119. The quantitative estimate of drug-likeness (QED) is 0.317. The van der Waals surface area contributed by atoms with E-state index < -0.39 is 8.07 Å². The smallest absolute Gasteiger partial charge is 0.253 e. The highest BCUT2D eigenvalue weighted by Crippen LogP contribution is 2.40. The molecule has 1 atom stereocenters. The Morgan fingerprint density at radius 2 is 1.81 bits per heavy atom. The van der Waals surface area contributed by atoms with Gasteiger partial charge in [0.15, 0.2) is 5.16 Å². The Labute approximate surface area is 189 Å². The van der Waals surface area contributed by atoms with Crippen molar-refractivity contribution in [1.82, 2.24) is 19.9 Å². The molecule has 0 aliphatic carbocycles. The van der Waals surface area contributed by atoms with Gasteiger partial charge < -0.3 is 5.32 Å². The van der Waals surface area contributed by atoms with E-state index in [1.54, 1.807) is 16.8 Å². The van der Waals surface area contributed by atoms with Crippen molar-refractivity contribution >= 4 is 36.8 Å². The Balaban J connectivity index is 2.26. The molecule has 2 aromatic rings. The van der Waals surface area contributed by atoms with Crippen LogP contribution < -0.4 is 10.9 Å². The molecule has 0 aromatic carbocycles. The molecule has 1 saturated heterocycles. The van der Waals surface area contributed by atoms with Crippen molar-refractivity contribution in [1.29, 1.82) is 0 Å². The number of pyridine rings is 1. The van der Waals surface area contributed by atoms with Gasteiger partial charge in [-0.05, 0) is 22.9 Å². The van der Waals surface area contributed by atoms with Crippen LogP contribution in [0.3, 0.4) is 0 Å². The highest BCUT2D eigenvalue weighted by atomic mass is 32.2. The van der Waals surface area contributed by atoms with Crippen molar-refractivity contribution in [2.75, 3.05) is 12.8 Å². The summed E-state index contributed by atoms with van der Waals surface area (Å²) in [5.41, 5.74) is 6.28. The minimum Gasteiger partial charge on any atom is -0.354 e. The molecule has 1 unspecified atom stereocenters. The van der Waals surface area contributed by atoms with Gasteiger partial charge in [0.25, 0.3) is 5.56 Å². The first-order chi connectivity index (χ1) is 14.6. The molecule has 0 saturated carbocycles. The molecule has 0 bridgehead atoms. The van der Waals surface area contributed by atoms with Crippen LogP contribution in [-0.2, 0) is 4.79 Å². The Hall–Kier alpha value is -2.11. The number of thioether (sulfide) groups is 1.